The second-order valence-electron chi connectivity index (χ2n) is 3.01. The Morgan fingerprint density at radius 2 is 2.00 bits per heavy atom. The van der Waals surface area contributed by atoms with E-state index in [1.165, 1.54) is 11.8 Å². The predicted molar refractivity (Wildman–Crippen MR) is 67.2 cm³/mol. The molecule has 82 valence electrons. The van der Waals surface area contributed by atoms with Gasteiger partial charge >= 0.3 is 0 Å². The lowest BCUT2D eigenvalue weighted by atomic mass is 10.4. The molecule has 0 aliphatic carbocycles. The average molecular weight is 252 g/mol. The van der Waals surface area contributed by atoms with Crippen LogP contribution in [0, 0.1) is 0 Å². The van der Waals surface area contributed by atoms with Gasteiger partial charge in [-0.1, -0.05) is 41.6 Å². The molecule has 2 aromatic rings. The summed E-state index contributed by atoms with van der Waals surface area (Å²) >= 11 is 7.55. The van der Waals surface area contributed by atoms with Gasteiger partial charge in [-0.15, -0.1) is 0 Å². The van der Waals surface area contributed by atoms with Crippen LogP contribution in [0.5, 0.6) is 0 Å². The Bertz CT molecular complexity index is 476. The third-order valence-corrected chi connectivity index (χ3v) is 3.29. The van der Waals surface area contributed by atoms with Crippen LogP contribution in [0.25, 0.3) is 0 Å². The number of halogens is 1. The monoisotopic (exact) mass is 251 g/mol. The van der Waals surface area contributed by atoms with Crippen LogP contribution < -0.4 is 5.32 Å². The van der Waals surface area contributed by atoms with E-state index in [9.17, 15) is 0 Å². The minimum atomic E-state index is 0.563. The summed E-state index contributed by atoms with van der Waals surface area (Å²) < 4.78 is 0. The highest BCUT2D eigenvalue weighted by atomic mass is 35.5. The highest BCUT2D eigenvalue weighted by Crippen LogP contribution is 2.31. The Balaban J connectivity index is 2.27. The molecule has 3 nitrogen and oxygen atoms in total. The molecule has 0 fully saturated rings. The van der Waals surface area contributed by atoms with Gasteiger partial charge in [0.2, 0.25) is 5.95 Å². The maximum atomic E-state index is 6.03. The number of rotatable bonds is 3. The lowest BCUT2D eigenvalue weighted by Crippen LogP contribution is -1.96. The Labute approximate surface area is 103 Å². The predicted octanol–water partition coefficient (Wildman–Crippen LogP) is 3.32. The van der Waals surface area contributed by atoms with Gasteiger partial charge in [0.25, 0.3) is 0 Å². The van der Waals surface area contributed by atoms with Crippen LogP contribution in [0.2, 0.25) is 5.02 Å². The van der Waals surface area contributed by atoms with Gasteiger partial charge in [0.15, 0.2) is 0 Å². The maximum absolute atomic E-state index is 6.03. The minimum Gasteiger partial charge on any atom is -0.357 e. The van der Waals surface area contributed by atoms with E-state index in [-0.39, 0.29) is 0 Å². The molecule has 0 radical (unpaired) electrons. The van der Waals surface area contributed by atoms with Gasteiger partial charge < -0.3 is 5.32 Å². The fraction of sp³-hybridized carbons (Fsp3) is 0.0909. The molecule has 0 saturated carbocycles. The molecular weight excluding hydrogens is 242 g/mol. The van der Waals surface area contributed by atoms with Crippen LogP contribution in [-0.2, 0) is 0 Å². The van der Waals surface area contributed by atoms with Crippen LogP contribution in [0.3, 0.4) is 0 Å². The van der Waals surface area contributed by atoms with Crippen molar-refractivity contribution in [2.45, 2.75) is 9.92 Å². The van der Waals surface area contributed by atoms with Crippen molar-refractivity contribution in [1.82, 2.24) is 9.97 Å². The second kappa shape index (κ2) is 5.18. The molecule has 1 N–H and O–H groups in total. The lowest BCUT2D eigenvalue weighted by Gasteiger charge is -2.04. The lowest BCUT2D eigenvalue weighted by molar-refractivity contribution is 1.05. The van der Waals surface area contributed by atoms with E-state index in [0.29, 0.717) is 11.0 Å². The molecule has 0 bridgehead atoms. The van der Waals surface area contributed by atoms with Crippen molar-refractivity contribution in [2.75, 3.05) is 12.4 Å². The molecule has 16 heavy (non-hydrogen) atoms. The first-order chi connectivity index (χ1) is 7.79. The Morgan fingerprint density at radius 3 is 2.69 bits per heavy atom. The highest BCUT2D eigenvalue weighted by molar-refractivity contribution is 7.99. The molecule has 5 heteroatoms. The molecule has 0 spiro atoms. The van der Waals surface area contributed by atoms with E-state index in [2.05, 4.69) is 15.3 Å². The minimum absolute atomic E-state index is 0.563. The van der Waals surface area contributed by atoms with Crippen molar-refractivity contribution in [2.24, 2.45) is 0 Å². The zero-order chi connectivity index (χ0) is 11.4. The third-order valence-electron chi connectivity index (χ3n) is 1.89. The summed E-state index contributed by atoms with van der Waals surface area (Å²) in [4.78, 5) is 9.43. The number of benzene rings is 1. The van der Waals surface area contributed by atoms with E-state index in [0.717, 1.165) is 9.92 Å². The second-order valence-corrected chi connectivity index (χ2v) is 4.48. The van der Waals surface area contributed by atoms with E-state index >= 15 is 0 Å². The molecule has 0 aliphatic rings. The summed E-state index contributed by atoms with van der Waals surface area (Å²) in [7, 11) is 1.78. The van der Waals surface area contributed by atoms with Crippen molar-refractivity contribution in [3.63, 3.8) is 0 Å². The van der Waals surface area contributed by atoms with Crippen LogP contribution in [0.15, 0.2) is 46.5 Å². The van der Waals surface area contributed by atoms with Crippen molar-refractivity contribution >= 4 is 29.3 Å². The van der Waals surface area contributed by atoms with Crippen molar-refractivity contribution in [3.05, 3.63) is 41.6 Å². The third kappa shape index (κ3) is 2.65. The van der Waals surface area contributed by atoms with Crippen LogP contribution >= 0.6 is 23.4 Å². The van der Waals surface area contributed by atoms with Gasteiger partial charge in [0.05, 0.1) is 11.2 Å². The number of nitrogens with zero attached hydrogens (tertiary/aromatic N) is 2. The van der Waals surface area contributed by atoms with Crippen molar-refractivity contribution in [3.8, 4) is 0 Å². The number of aromatic nitrogens is 2. The Kier molecular flexibility index (Phi) is 3.64. The molecule has 0 atom stereocenters. The number of anilines is 1. The van der Waals surface area contributed by atoms with Crippen molar-refractivity contribution < 1.29 is 0 Å². The highest BCUT2D eigenvalue weighted by Gasteiger charge is 2.06. The van der Waals surface area contributed by atoms with E-state index < -0.39 is 0 Å². The molecule has 0 aliphatic heterocycles. The van der Waals surface area contributed by atoms with Gasteiger partial charge in [-0.25, -0.2) is 9.97 Å². The first-order valence-electron chi connectivity index (χ1n) is 4.73. The molecule has 0 saturated heterocycles. The molecule has 1 heterocycles. The zero-order valence-corrected chi connectivity index (χ0v) is 10.2. The largest absolute Gasteiger partial charge is 0.357 e. The zero-order valence-electron chi connectivity index (χ0n) is 8.64. The first kappa shape index (κ1) is 11.2. The molecule has 1 aromatic heterocycles. The molecular formula is C11H10ClN3S. The average Bonchev–Trinajstić information content (AvgIpc) is 2.33. The van der Waals surface area contributed by atoms with Crippen LogP contribution in [-0.4, -0.2) is 17.0 Å². The fourth-order valence-corrected chi connectivity index (χ4v) is 2.15. The van der Waals surface area contributed by atoms with E-state index in [4.69, 9.17) is 11.6 Å². The van der Waals surface area contributed by atoms with Crippen molar-refractivity contribution in [1.29, 1.82) is 0 Å². The van der Waals surface area contributed by atoms with Gasteiger partial charge in [-0.2, -0.15) is 0 Å². The standard InChI is InChI=1S/C11H10ClN3S/c1-13-11-14-7-9(12)10(15-11)16-8-5-3-2-4-6-8/h2-7H,1H3,(H,13,14,15). The summed E-state index contributed by atoms with van der Waals surface area (Å²) in [5.41, 5.74) is 0. The summed E-state index contributed by atoms with van der Waals surface area (Å²) in [5.74, 6) is 0.572. The van der Waals surface area contributed by atoms with Gasteiger partial charge in [-0.05, 0) is 12.1 Å². The summed E-state index contributed by atoms with van der Waals surface area (Å²) in [6.07, 6.45) is 1.60. The van der Waals surface area contributed by atoms with E-state index in [1.54, 1.807) is 13.2 Å². The normalized spacial score (nSPS) is 10.1. The summed E-state index contributed by atoms with van der Waals surface area (Å²) in [5, 5.41) is 4.21. The maximum Gasteiger partial charge on any atom is 0.223 e. The number of nitrogens with one attached hydrogen (secondary N) is 1. The Morgan fingerprint density at radius 1 is 1.25 bits per heavy atom. The molecule has 2 rings (SSSR count). The van der Waals surface area contributed by atoms with Gasteiger partial charge in [-0.3, -0.25) is 0 Å². The fourth-order valence-electron chi connectivity index (χ4n) is 1.14. The quantitative estimate of drug-likeness (QED) is 0.850. The molecule has 1 aromatic carbocycles. The van der Waals surface area contributed by atoms with Crippen LogP contribution in [0.4, 0.5) is 5.95 Å². The molecule has 0 unspecified atom stereocenters. The van der Waals surface area contributed by atoms with E-state index in [1.807, 2.05) is 30.3 Å². The van der Waals surface area contributed by atoms with Crippen LogP contribution in [0.1, 0.15) is 0 Å². The summed E-state index contributed by atoms with van der Waals surface area (Å²) in [6.45, 7) is 0. The smallest absolute Gasteiger partial charge is 0.223 e. The number of hydrogen-bond acceptors (Lipinski definition) is 4. The Hall–Kier alpha value is -1.26. The number of hydrogen-bond donors (Lipinski definition) is 1. The first-order valence-corrected chi connectivity index (χ1v) is 5.92. The SMILES string of the molecule is CNc1ncc(Cl)c(Sc2ccccc2)n1. The van der Waals surface area contributed by atoms with Gasteiger partial charge in [0.1, 0.15) is 5.03 Å². The summed E-state index contributed by atoms with van der Waals surface area (Å²) in [6, 6.07) is 9.97. The molecule has 0 amide bonds. The topological polar surface area (TPSA) is 37.8 Å². The van der Waals surface area contributed by atoms with Gasteiger partial charge in [0, 0.05) is 11.9 Å².